The smallest absolute Gasteiger partial charge is 0.410 e. The molecule has 1 aliphatic carbocycles. The van der Waals surface area contributed by atoms with E-state index in [2.05, 4.69) is 20.2 Å². The molecule has 7 rings (SSSR count). The van der Waals surface area contributed by atoms with Crippen molar-refractivity contribution in [3.8, 4) is 0 Å². The maximum atomic E-state index is 13.9. The van der Waals surface area contributed by atoms with Crippen LogP contribution in [0.1, 0.15) is 73.8 Å². The van der Waals surface area contributed by atoms with Gasteiger partial charge in [0.25, 0.3) is 5.91 Å². The fraction of sp³-hybridized carbons (Fsp3) is 0.462. The summed E-state index contributed by atoms with van der Waals surface area (Å²) >= 11 is 0. The third-order valence-corrected chi connectivity index (χ3v) is 10.2. The largest absolute Gasteiger partial charge is 0.444 e. The summed E-state index contributed by atoms with van der Waals surface area (Å²) in [5.41, 5.74) is 5.61. The summed E-state index contributed by atoms with van der Waals surface area (Å²) in [6.45, 7) is 12.5. The van der Waals surface area contributed by atoms with E-state index in [4.69, 9.17) is 9.47 Å². The SMILES string of the molecule is C[C@@H](NC(=O)c1cncc(N2CCN(C(=O)C3COC3)CC2)c1)c1ccc(C(=C2CC3(C2)CN(C(=O)OC(C)(C)C)C3)c2ccc(F)cn2)cc1. The molecule has 3 amide bonds. The number of allylic oxidation sites excluding steroid dienone is 1. The normalized spacial score (nSPS) is 19.1. The van der Waals surface area contributed by atoms with E-state index in [0.29, 0.717) is 63.7 Å². The Bertz CT molecular complexity index is 1810. The lowest BCUT2D eigenvalue weighted by Crippen LogP contribution is -2.62. The van der Waals surface area contributed by atoms with Crippen molar-refractivity contribution in [2.24, 2.45) is 11.3 Å². The highest BCUT2D eigenvalue weighted by Gasteiger charge is 2.53. The lowest BCUT2D eigenvalue weighted by molar-refractivity contribution is -0.150. The van der Waals surface area contributed by atoms with Gasteiger partial charge in [0.1, 0.15) is 11.4 Å². The van der Waals surface area contributed by atoms with Crippen molar-refractivity contribution in [3.05, 3.63) is 94.8 Å². The Labute approximate surface area is 297 Å². The summed E-state index contributed by atoms with van der Waals surface area (Å²) in [7, 11) is 0. The quantitative estimate of drug-likeness (QED) is 0.357. The van der Waals surface area contributed by atoms with Crippen LogP contribution in [0.3, 0.4) is 0 Å². The Morgan fingerprint density at radius 1 is 0.941 bits per heavy atom. The third-order valence-electron chi connectivity index (χ3n) is 10.2. The molecular formula is C39H45FN6O5. The number of hydrogen-bond donors (Lipinski definition) is 1. The second-order valence-electron chi connectivity index (χ2n) is 15.3. The van der Waals surface area contributed by atoms with Crippen LogP contribution >= 0.6 is 0 Å². The number of nitrogens with zero attached hydrogens (tertiary/aromatic N) is 5. The lowest BCUT2D eigenvalue weighted by Gasteiger charge is -2.57. The molecule has 3 saturated heterocycles. The van der Waals surface area contributed by atoms with Crippen LogP contribution < -0.4 is 10.2 Å². The molecular weight excluding hydrogens is 651 g/mol. The Kier molecular flexibility index (Phi) is 9.30. The van der Waals surface area contributed by atoms with Gasteiger partial charge in [0.15, 0.2) is 0 Å². The first-order valence-corrected chi connectivity index (χ1v) is 17.7. The zero-order chi connectivity index (χ0) is 35.9. The number of pyridine rings is 2. The minimum absolute atomic E-state index is 0.0167. The lowest BCUT2D eigenvalue weighted by atomic mass is 9.59. The number of hydrogen-bond acceptors (Lipinski definition) is 8. The summed E-state index contributed by atoms with van der Waals surface area (Å²) in [6, 6.07) is 12.7. The van der Waals surface area contributed by atoms with Gasteiger partial charge in [0.05, 0.1) is 54.5 Å². The molecule has 1 aromatic carbocycles. The van der Waals surface area contributed by atoms with Crippen LogP contribution in [0.25, 0.3) is 5.57 Å². The Balaban J connectivity index is 0.992. The number of benzene rings is 1. The van der Waals surface area contributed by atoms with Crippen LogP contribution in [0, 0.1) is 17.2 Å². The fourth-order valence-corrected chi connectivity index (χ4v) is 7.38. The van der Waals surface area contributed by atoms with Crippen LogP contribution in [0.2, 0.25) is 0 Å². The first kappa shape index (κ1) is 34.6. The summed E-state index contributed by atoms with van der Waals surface area (Å²) in [4.78, 5) is 53.1. The molecule has 2 aromatic heterocycles. The van der Waals surface area contributed by atoms with Gasteiger partial charge in [-0.05, 0) is 69.9 Å². The molecule has 1 saturated carbocycles. The molecule has 0 radical (unpaired) electrons. The van der Waals surface area contributed by atoms with Gasteiger partial charge in [0.2, 0.25) is 5.91 Å². The molecule has 1 spiro atoms. The van der Waals surface area contributed by atoms with E-state index in [1.54, 1.807) is 23.4 Å². The predicted molar refractivity (Wildman–Crippen MR) is 189 cm³/mol. The minimum atomic E-state index is -0.535. The molecule has 268 valence electrons. The first-order chi connectivity index (χ1) is 24.4. The number of amides is 3. The number of aromatic nitrogens is 2. The average molecular weight is 697 g/mol. The van der Waals surface area contributed by atoms with Gasteiger partial charge >= 0.3 is 6.09 Å². The van der Waals surface area contributed by atoms with Gasteiger partial charge in [-0.25, -0.2) is 9.18 Å². The number of carbonyl (C=O) groups is 3. The monoisotopic (exact) mass is 696 g/mol. The molecule has 3 aromatic rings. The molecule has 4 fully saturated rings. The van der Waals surface area contributed by atoms with E-state index in [1.165, 1.54) is 17.8 Å². The summed E-state index contributed by atoms with van der Waals surface area (Å²) in [5, 5.41) is 3.10. The summed E-state index contributed by atoms with van der Waals surface area (Å²) in [6.07, 6.45) is 5.93. The van der Waals surface area contributed by atoms with Crippen LogP contribution in [0.5, 0.6) is 0 Å². The number of nitrogens with one attached hydrogen (secondary N) is 1. The third kappa shape index (κ3) is 7.46. The van der Waals surface area contributed by atoms with Crippen molar-refractivity contribution in [1.29, 1.82) is 0 Å². The second-order valence-corrected chi connectivity index (χ2v) is 15.3. The molecule has 1 atom stereocenters. The van der Waals surface area contributed by atoms with Crippen LogP contribution in [-0.4, -0.2) is 95.8 Å². The highest BCUT2D eigenvalue weighted by Crippen LogP contribution is 2.54. The van der Waals surface area contributed by atoms with Gasteiger partial charge in [-0.1, -0.05) is 29.8 Å². The van der Waals surface area contributed by atoms with Crippen LogP contribution in [-0.2, 0) is 14.3 Å². The van der Waals surface area contributed by atoms with Gasteiger partial charge in [-0.2, -0.15) is 0 Å². The van der Waals surface area contributed by atoms with Gasteiger partial charge < -0.3 is 29.5 Å². The number of likely N-dealkylation sites (tertiary alicyclic amines) is 1. The molecule has 12 heteroatoms. The topological polar surface area (TPSA) is 117 Å². The zero-order valence-corrected chi connectivity index (χ0v) is 29.7. The van der Waals surface area contributed by atoms with Gasteiger partial charge in [-0.15, -0.1) is 0 Å². The molecule has 1 N–H and O–H groups in total. The first-order valence-electron chi connectivity index (χ1n) is 17.7. The maximum absolute atomic E-state index is 13.9. The fourth-order valence-electron chi connectivity index (χ4n) is 7.38. The van der Waals surface area contributed by atoms with Gasteiger partial charge in [-0.3, -0.25) is 19.6 Å². The van der Waals surface area contributed by atoms with Crippen molar-refractivity contribution in [2.75, 3.05) is 57.4 Å². The molecule has 0 unspecified atom stereocenters. The minimum Gasteiger partial charge on any atom is -0.444 e. The molecule has 11 nitrogen and oxygen atoms in total. The van der Waals surface area contributed by atoms with E-state index in [1.807, 2.05) is 62.9 Å². The highest BCUT2D eigenvalue weighted by atomic mass is 19.1. The van der Waals surface area contributed by atoms with Crippen molar-refractivity contribution < 1.29 is 28.2 Å². The van der Waals surface area contributed by atoms with E-state index in [0.717, 1.165) is 35.2 Å². The maximum Gasteiger partial charge on any atom is 0.410 e. The number of ether oxygens (including phenoxy) is 2. The van der Waals surface area contributed by atoms with Crippen LogP contribution in [0.4, 0.5) is 14.9 Å². The van der Waals surface area contributed by atoms with Crippen molar-refractivity contribution in [1.82, 2.24) is 25.1 Å². The predicted octanol–water partition coefficient (Wildman–Crippen LogP) is 5.23. The molecule has 51 heavy (non-hydrogen) atoms. The zero-order valence-electron chi connectivity index (χ0n) is 29.7. The molecule has 5 heterocycles. The van der Waals surface area contributed by atoms with Gasteiger partial charge in [0, 0.05) is 56.5 Å². The number of carbonyl (C=O) groups excluding carboxylic acids is 3. The highest BCUT2D eigenvalue weighted by molar-refractivity contribution is 5.95. The summed E-state index contributed by atoms with van der Waals surface area (Å²) < 4.78 is 24.6. The van der Waals surface area contributed by atoms with E-state index < -0.39 is 11.4 Å². The second kappa shape index (κ2) is 13.7. The number of piperazine rings is 1. The van der Waals surface area contributed by atoms with E-state index in [9.17, 15) is 18.8 Å². The molecule has 3 aliphatic heterocycles. The van der Waals surface area contributed by atoms with Crippen molar-refractivity contribution >= 4 is 29.2 Å². The number of rotatable bonds is 7. The Morgan fingerprint density at radius 2 is 1.65 bits per heavy atom. The number of halogens is 1. The Morgan fingerprint density at radius 3 is 2.25 bits per heavy atom. The van der Waals surface area contributed by atoms with Crippen molar-refractivity contribution in [2.45, 2.75) is 52.2 Å². The van der Waals surface area contributed by atoms with E-state index in [-0.39, 0.29) is 35.3 Å². The number of anilines is 1. The summed E-state index contributed by atoms with van der Waals surface area (Å²) in [5.74, 6) is -0.474. The van der Waals surface area contributed by atoms with Crippen molar-refractivity contribution in [3.63, 3.8) is 0 Å². The average Bonchev–Trinajstić information content (AvgIpc) is 3.04. The molecule has 0 bridgehead atoms. The van der Waals surface area contributed by atoms with Crippen LogP contribution in [0.15, 0.2) is 66.6 Å². The van der Waals surface area contributed by atoms with E-state index >= 15 is 0 Å². The Hall–Kier alpha value is -4.84. The standard InChI is InChI=1S/C39H45FN6O5/c1-25(43-35(47)28-15-32(20-41-18-28)44-11-13-45(14-12-44)36(48)30-21-50-22-30)26-5-7-27(8-6-26)34(33-10-9-31(40)19-42-33)29-16-39(17-29)23-46(24-39)37(49)51-38(2,3)4/h5-10,15,18-20,25,30H,11-14,16-17,21-24H2,1-4H3,(H,43,47)/t25-/m1/s1. The molecule has 4 aliphatic rings.